The van der Waals surface area contributed by atoms with Crippen molar-refractivity contribution in [2.45, 2.75) is 19.6 Å². The van der Waals surface area contributed by atoms with Gasteiger partial charge in [-0.2, -0.15) is 0 Å². The number of likely N-dealkylation sites (N-methyl/N-ethyl adjacent to an activating group) is 1. The van der Waals surface area contributed by atoms with Crippen LogP contribution in [-0.4, -0.2) is 30.6 Å². The summed E-state index contributed by atoms with van der Waals surface area (Å²) in [5.41, 5.74) is 1.82. The van der Waals surface area contributed by atoms with E-state index in [0.29, 0.717) is 12.1 Å². The van der Waals surface area contributed by atoms with Crippen molar-refractivity contribution in [1.29, 1.82) is 0 Å². The van der Waals surface area contributed by atoms with Gasteiger partial charge in [0.25, 0.3) is 0 Å². The van der Waals surface area contributed by atoms with Gasteiger partial charge in [-0.1, -0.05) is 46.3 Å². The molecule has 5 heteroatoms. The molecule has 2 aromatic carbocycles. The number of benzene rings is 2. The van der Waals surface area contributed by atoms with Crippen molar-refractivity contribution in [3.8, 4) is 0 Å². The quantitative estimate of drug-likeness (QED) is 0.685. The van der Waals surface area contributed by atoms with Crippen molar-refractivity contribution < 1.29 is 21.9 Å². The van der Waals surface area contributed by atoms with Gasteiger partial charge in [0.05, 0.1) is 5.56 Å². The summed E-state index contributed by atoms with van der Waals surface area (Å²) in [7, 11) is 2.02. The molecular formula is C18H20BrClNO2-. The summed E-state index contributed by atoms with van der Waals surface area (Å²) in [5, 5.41) is 0. The normalized spacial score (nSPS) is 11.7. The lowest BCUT2D eigenvalue weighted by Gasteiger charge is -2.21. The smallest absolute Gasteiger partial charge is 0.338 e. The van der Waals surface area contributed by atoms with Crippen LogP contribution in [0, 0.1) is 0 Å². The highest BCUT2D eigenvalue weighted by molar-refractivity contribution is 9.10. The maximum atomic E-state index is 12.1. The van der Waals surface area contributed by atoms with E-state index < -0.39 is 0 Å². The maximum Gasteiger partial charge on any atom is 0.338 e. The van der Waals surface area contributed by atoms with Gasteiger partial charge in [-0.3, -0.25) is 4.90 Å². The van der Waals surface area contributed by atoms with Crippen LogP contribution in [0.3, 0.4) is 0 Å². The first-order chi connectivity index (χ1) is 10.5. The Bertz CT molecular complexity index is 604. The lowest BCUT2D eigenvalue weighted by atomic mass is 10.2. The van der Waals surface area contributed by atoms with Crippen LogP contribution in [0.4, 0.5) is 0 Å². The zero-order valence-electron chi connectivity index (χ0n) is 13.2. The van der Waals surface area contributed by atoms with Crippen LogP contribution in [0.5, 0.6) is 0 Å². The highest BCUT2D eigenvalue weighted by Gasteiger charge is 2.13. The van der Waals surface area contributed by atoms with Crippen LogP contribution in [0.25, 0.3) is 0 Å². The van der Waals surface area contributed by atoms with Crippen LogP contribution in [0.1, 0.15) is 22.8 Å². The van der Waals surface area contributed by atoms with Gasteiger partial charge < -0.3 is 17.1 Å². The van der Waals surface area contributed by atoms with Crippen LogP contribution in [0.15, 0.2) is 59.1 Å². The number of esters is 1. The van der Waals surface area contributed by atoms with Crippen molar-refractivity contribution in [3.63, 3.8) is 0 Å². The fraction of sp³-hybridized carbons (Fsp3) is 0.278. The molecule has 0 fully saturated rings. The SMILES string of the molecule is CC(CN(C)Cc1ccccc1)OC(=O)c1ccc(Br)cc1.[Cl-]. The van der Waals surface area contributed by atoms with Crippen LogP contribution < -0.4 is 12.4 Å². The van der Waals surface area contributed by atoms with Gasteiger partial charge in [-0.25, -0.2) is 4.79 Å². The highest BCUT2D eigenvalue weighted by atomic mass is 79.9. The topological polar surface area (TPSA) is 29.5 Å². The molecule has 0 spiro atoms. The van der Waals surface area contributed by atoms with E-state index >= 15 is 0 Å². The van der Waals surface area contributed by atoms with Gasteiger partial charge in [0.15, 0.2) is 0 Å². The molecule has 1 unspecified atom stereocenters. The highest BCUT2D eigenvalue weighted by Crippen LogP contribution is 2.12. The molecule has 0 aliphatic rings. The molecule has 0 aromatic heterocycles. The largest absolute Gasteiger partial charge is 1.00 e. The Labute approximate surface area is 152 Å². The Morgan fingerprint density at radius 2 is 1.74 bits per heavy atom. The minimum atomic E-state index is -0.284. The molecule has 1 atom stereocenters. The molecule has 0 saturated heterocycles. The molecule has 0 N–H and O–H groups in total. The van der Waals surface area contributed by atoms with Crippen LogP contribution in [-0.2, 0) is 11.3 Å². The van der Waals surface area contributed by atoms with E-state index in [1.807, 2.05) is 44.3 Å². The van der Waals surface area contributed by atoms with E-state index in [9.17, 15) is 4.79 Å². The number of halogens is 2. The third-order valence-electron chi connectivity index (χ3n) is 3.25. The van der Waals surface area contributed by atoms with Gasteiger partial charge in [-0.05, 0) is 43.8 Å². The van der Waals surface area contributed by atoms with Gasteiger partial charge in [-0.15, -0.1) is 0 Å². The minimum Gasteiger partial charge on any atom is -1.00 e. The summed E-state index contributed by atoms with van der Waals surface area (Å²) in [4.78, 5) is 14.2. The number of ether oxygens (including phenoxy) is 1. The van der Waals surface area contributed by atoms with E-state index in [0.717, 1.165) is 11.0 Å². The summed E-state index contributed by atoms with van der Waals surface area (Å²) in [6.45, 7) is 3.44. The monoisotopic (exact) mass is 396 g/mol. The summed E-state index contributed by atoms with van der Waals surface area (Å²) in [6, 6.07) is 17.4. The van der Waals surface area contributed by atoms with Crippen molar-refractivity contribution in [3.05, 3.63) is 70.2 Å². The molecule has 0 saturated carbocycles. The zero-order chi connectivity index (χ0) is 15.9. The van der Waals surface area contributed by atoms with E-state index in [1.54, 1.807) is 12.1 Å². The van der Waals surface area contributed by atoms with Gasteiger partial charge in [0.1, 0.15) is 6.10 Å². The van der Waals surface area contributed by atoms with Crippen molar-refractivity contribution in [2.24, 2.45) is 0 Å². The predicted octanol–water partition coefficient (Wildman–Crippen LogP) is 1.13. The zero-order valence-corrected chi connectivity index (χ0v) is 15.5. The molecule has 2 aromatic rings. The lowest BCUT2D eigenvalue weighted by molar-refractivity contribution is -0.0000422. The summed E-state index contributed by atoms with van der Waals surface area (Å²) in [5.74, 6) is -0.284. The summed E-state index contributed by atoms with van der Waals surface area (Å²) < 4.78 is 6.43. The molecule has 3 nitrogen and oxygen atoms in total. The van der Waals surface area contributed by atoms with Gasteiger partial charge >= 0.3 is 5.97 Å². The van der Waals surface area contributed by atoms with E-state index in [4.69, 9.17) is 4.74 Å². The Morgan fingerprint density at radius 3 is 2.35 bits per heavy atom. The average molecular weight is 398 g/mol. The Balaban J connectivity index is 0.00000264. The number of hydrogen-bond acceptors (Lipinski definition) is 3. The van der Waals surface area contributed by atoms with E-state index in [1.165, 1.54) is 5.56 Å². The first-order valence-corrected chi connectivity index (χ1v) is 8.03. The molecular weight excluding hydrogens is 378 g/mol. The first kappa shape index (κ1) is 19.7. The number of nitrogens with zero attached hydrogens (tertiary/aromatic N) is 1. The number of hydrogen-bond donors (Lipinski definition) is 0. The molecule has 0 aliphatic carbocycles. The molecule has 0 amide bonds. The third-order valence-corrected chi connectivity index (χ3v) is 3.78. The number of rotatable bonds is 6. The molecule has 0 radical (unpaired) electrons. The van der Waals surface area contributed by atoms with Crippen LogP contribution >= 0.6 is 15.9 Å². The van der Waals surface area contributed by atoms with Crippen molar-refractivity contribution in [1.82, 2.24) is 4.90 Å². The second kappa shape index (κ2) is 9.71. The summed E-state index contributed by atoms with van der Waals surface area (Å²) in [6.07, 6.45) is -0.162. The van der Waals surface area contributed by atoms with E-state index in [2.05, 4.69) is 33.0 Å². The second-order valence-corrected chi connectivity index (χ2v) is 6.32. The molecule has 23 heavy (non-hydrogen) atoms. The lowest BCUT2D eigenvalue weighted by Crippen LogP contribution is -3.00. The molecule has 0 bridgehead atoms. The predicted molar refractivity (Wildman–Crippen MR) is 91.8 cm³/mol. The molecule has 0 aliphatic heterocycles. The summed E-state index contributed by atoms with van der Waals surface area (Å²) >= 11 is 3.35. The molecule has 0 heterocycles. The Morgan fingerprint density at radius 1 is 1.13 bits per heavy atom. The second-order valence-electron chi connectivity index (χ2n) is 5.41. The Kier molecular flexibility index (Phi) is 8.31. The minimum absolute atomic E-state index is 0. The third kappa shape index (κ3) is 6.73. The van der Waals surface area contributed by atoms with Crippen molar-refractivity contribution >= 4 is 21.9 Å². The molecule has 124 valence electrons. The fourth-order valence-electron chi connectivity index (χ4n) is 2.27. The van der Waals surface area contributed by atoms with E-state index in [-0.39, 0.29) is 24.5 Å². The Hall–Kier alpha value is -1.36. The van der Waals surface area contributed by atoms with Crippen molar-refractivity contribution in [2.75, 3.05) is 13.6 Å². The molecule has 2 rings (SSSR count). The fourth-order valence-corrected chi connectivity index (χ4v) is 2.54. The number of carbonyl (C=O) groups is 1. The maximum absolute atomic E-state index is 12.1. The van der Waals surface area contributed by atoms with Crippen LogP contribution in [0.2, 0.25) is 0 Å². The standard InChI is InChI=1S/C18H20BrNO2.ClH/c1-14(12-20(2)13-15-6-4-3-5-7-15)22-18(21)16-8-10-17(19)11-9-16;/h3-11,14H,12-13H2,1-2H3;1H/p-1. The first-order valence-electron chi connectivity index (χ1n) is 7.23. The van der Waals surface area contributed by atoms with Gasteiger partial charge in [0, 0.05) is 17.6 Å². The van der Waals surface area contributed by atoms with Gasteiger partial charge in [0.2, 0.25) is 0 Å². The average Bonchev–Trinajstić information content (AvgIpc) is 2.48. The number of carbonyl (C=O) groups excluding carboxylic acids is 1.